The lowest BCUT2D eigenvalue weighted by Crippen LogP contribution is -2.43. The van der Waals surface area contributed by atoms with E-state index in [9.17, 15) is 4.79 Å². The summed E-state index contributed by atoms with van der Waals surface area (Å²) in [6.07, 6.45) is 9.00. The molecule has 1 aromatic rings. The summed E-state index contributed by atoms with van der Waals surface area (Å²) >= 11 is 0. The Hall–Kier alpha value is -1.36. The number of rotatable bonds is 5. The standard InChI is InChI=1S/C18H27N3O2/c1-12-19-15(11-23-12)8-21-9-16(13-6-7-13)17(10-21)20-18(22)14-4-2-3-5-14/h11,13-14,16-17H,2-10H2,1H3,(H,20,22)/t16-,17+/m1/s1. The topological polar surface area (TPSA) is 58.4 Å². The Labute approximate surface area is 137 Å². The minimum atomic E-state index is 0.266. The van der Waals surface area contributed by atoms with Gasteiger partial charge in [-0.25, -0.2) is 4.98 Å². The lowest BCUT2D eigenvalue weighted by molar-refractivity contribution is -0.125. The van der Waals surface area contributed by atoms with Crippen LogP contribution in [0.1, 0.15) is 50.1 Å². The third kappa shape index (κ3) is 3.44. The van der Waals surface area contributed by atoms with Crippen LogP contribution in [0.4, 0.5) is 0 Å². The number of amides is 1. The number of aryl methyl sites for hydroxylation is 1. The maximum absolute atomic E-state index is 12.5. The van der Waals surface area contributed by atoms with Crippen LogP contribution < -0.4 is 5.32 Å². The first-order chi connectivity index (χ1) is 11.2. The number of aromatic nitrogens is 1. The summed E-state index contributed by atoms with van der Waals surface area (Å²) in [6, 6.07) is 0.323. The summed E-state index contributed by atoms with van der Waals surface area (Å²) in [5.74, 6) is 2.73. The van der Waals surface area contributed by atoms with Crippen LogP contribution in [-0.2, 0) is 11.3 Å². The summed E-state index contributed by atoms with van der Waals surface area (Å²) in [4.78, 5) is 19.3. The van der Waals surface area contributed by atoms with E-state index in [1.807, 2.05) is 6.92 Å². The zero-order chi connectivity index (χ0) is 15.8. The molecule has 1 aliphatic heterocycles. The molecule has 23 heavy (non-hydrogen) atoms. The Morgan fingerprint density at radius 1 is 1.30 bits per heavy atom. The van der Waals surface area contributed by atoms with E-state index < -0.39 is 0 Å². The Morgan fingerprint density at radius 3 is 2.74 bits per heavy atom. The van der Waals surface area contributed by atoms with E-state index in [1.54, 1.807) is 6.26 Å². The van der Waals surface area contributed by atoms with Gasteiger partial charge in [0.1, 0.15) is 6.26 Å². The molecule has 4 rings (SSSR count). The largest absolute Gasteiger partial charge is 0.449 e. The average Bonchev–Trinajstić information content (AvgIpc) is 2.92. The van der Waals surface area contributed by atoms with Gasteiger partial charge in [-0.15, -0.1) is 0 Å². The molecule has 5 heteroatoms. The van der Waals surface area contributed by atoms with Crippen LogP contribution in [0.15, 0.2) is 10.7 Å². The molecule has 2 heterocycles. The molecule has 0 aromatic carbocycles. The van der Waals surface area contributed by atoms with E-state index in [2.05, 4.69) is 15.2 Å². The Bertz CT molecular complexity index is 560. The quantitative estimate of drug-likeness (QED) is 0.906. The van der Waals surface area contributed by atoms with Gasteiger partial charge in [-0.2, -0.15) is 0 Å². The fourth-order valence-corrected chi connectivity index (χ4v) is 4.40. The minimum Gasteiger partial charge on any atom is -0.449 e. The van der Waals surface area contributed by atoms with Crippen molar-refractivity contribution in [3.05, 3.63) is 17.8 Å². The maximum atomic E-state index is 12.5. The molecule has 1 N–H and O–H groups in total. The summed E-state index contributed by atoms with van der Waals surface area (Å²) in [5.41, 5.74) is 1.000. The van der Waals surface area contributed by atoms with Gasteiger partial charge in [-0.05, 0) is 37.5 Å². The van der Waals surface area contributed by atoms with Crippen molar-refractivity contribution in [1.29, 1.82) is 0 Å². The number of hydrogen-bond donors (Lipinski definition) is 1. The first kappa shape index (κ1) is 15.2. The number of likely N-dealkylation sites (tertiary alicyclic amines) is 1. The van der Waals surface area contributed by atoms with Gasteiger partial charge in [0.25, 0.3) is 0 Å². The second-order valence-corrected chi connectivity index (χ2v) is 7.65. The second-order valence-electron chi connectivity index (χ2n) is 7.65. The smallest absolute Gasteiger partial charge is 0.223 e. The summed E-state index contributed by atoms with van der Waals surface area (Å²) in [7, 11) is 0. The van der Waals surface area contributed by atoms with E-state index >= 15 is 0 Å². The molecule has 2 aliphatic carbocycles. The first-order valence-corrected chi connectivity index (χ1v) is 9.13. The molecule has 126 valence electrons. The highest BCUT2D eigenvalue weighted by Crippen LogP contribution is 2.42. The van der Waals surface area contributed by atoms with Crippen LogP contribution >= 0.6 is 0 Å². The van der Waals surface area contributed by atoms with Crippen LogP contribution in [0.3, 0.4) is 0 Å². The lowest BCUT2D eigenvalue weighted by atomic mass is 9.97. The van der Waals surface area contributed by atoms with Crippen LogP contribution in [0.2, 0.25) is 0 Å². The fourth-order valence-electron chi connectivity index (χ4n) is 4.40. The Morgan fingerprint density at radius 2 is 2.09 bits per heavy atom. The van der Waals surface area contributed by atoms with Gasteiger partial charge in [0.2, 0.25) is 5.91 Å². The minimum absolute atomic E-state index is 0.266. The van der Waals surface area contributed by atoms with Gasteiger partial charge in [0.05, 0.1) is 5.69 Å². The third-order valence-corrected chi connectivity index (χ3v) is 5.77. The summed E-state index contributed by atoms with van der Waals surface area (Å²) in [5, 5.41) is 3.39. The predicted octanol–water partition coefficient (Wildman–Crippen LogP) is 2.50. The highest BCUT2D eigenvalue weighted by molar-refractivity contribution is 5.79. The van der Waals surface area contributed by atoms with Gasteiger partial charge in [-0.1, -0.05) is 12.8 Å². The van der Waals surface area contributed by atoms with Gasteiger partial charge < -0.3 is 9.73 Å². The van der Waals surface area contributed by atoms with Crippen LogP contribution in [0.5, 0.6) is 0 Å². The number of carbonyl (C=O) groups is 1. The maximum Gasteiger partial charge on any atom is 0.223 e. The molecular formula is C18H27N3O2. The fraction of sp³-hybridized carbons (Fsp3) is 0.778. The van der Waals surface area contributed by atoms with Gasteiger partial charge >= 0.3 is 0 Å². The zero-order valence-corrected chi connectivity index (χ0v) is 14.0. The molecule has 2 atom stereocenters. The normalized spacial score (nSPS) is 29.3. The average molecular weight is 317 g/mol. The first-order valence-electron chi connectivity index (χ1n) is 9.13. The van der Waals surface area contributed by atoms with Crippen molar-refractivity contribution in [2.24, 2.45) is 17.8 Å². The number of nitrogens with one attached hydrogen (secondary N) is 1. The van der Waals surface area contributed by atoms with Crippen molar-refractivity contribution in [3.63, 3.8) is 0 Å². The van der Waals surface area contributed by atoms with Crippen LogP contribution in [0, 0.1) is 24.7 Å². The number of hydrogen-bond acceptors (Lipinski definition) is 4. The highest BCUT2D eigenvalue weighted by Gasteiger charge is 2.43. The molecule has 3 fully saturated rings. The lowest BCUT2D eigenvalue weighted by Gasteiger charge is -2.21. The van der Waals surface area contributed by atoms with Crippen LogP contribution in [-0.4, -0.2) is 34.9 Å². The molecule has 0 spiro atoms. The molecule has 5 nitrogen and oxygen atoms in total. The number of nitrogens with zero attached hydrogens (tertiary/aromatic N) is 2. The second kappa shape index (κ2) is 6.27. The molecule has 0 unspecified atom stereocenters. The number of carbonyl (C=O) groups excluding carboxylic acids is 1. The highest BCUT2D eigenvalue weighted by atomic mass is 16.3. The van der Waals surface area contributed by atoms with E-state index in [1.165, 1.54) is 25.7 Å². The van der Waals surface area contributed by atoms with Crippen molar-refractivity contribution in [2.45, 2.75) is 58.0 Å². The summed E-state index contributed by atoms with van der Waals surface area (Å²) in [6.45, 7) is 4.74. The summed E-state index contributed by atoms with van der Waals surface area (Å²) < 4.78 is 5.31. The van der Waals surface area contributed by atoms with Gasteiger partial charge in [0, 0.05) is 38.5 Å². The monoisotopic (exact) mass is 317 g/mol. The van der Waals surface area contributed by atoms with Crippen LogP contribution in [0.25, 0.3) is 0 Å². The van der Waals surface area contributed by atoms with E-state index in [0.717, 1.165) is 50.0 Å². The van der Waals surface area contributed by atoms with Crippen molar-refractivity contribution in [2.75, 3.05) is 13.1 Å². The third-order valence-electron chi connectivity index (χ3n) is 5.77. The van der Waals surface area contributed by atoms with Crippen molar-refractivity contribution < 1.29 is 9.21 Å². The molecule has 1 amide bonds. The molecule has 2 saturated carbocycles. The van der Waals surface area contributed by atoms with E-state index in [0.29, 0.717) is 17.9 Å². The van der Waals surface area contributed by atoms with Gasteiger partial charge in [0.15, 0.2) is 5.89 Å². The van der Waals surface area contributed by atoms with Gasteiger partial charge in [-0.3, -0.25) is 9.69 Å². The number of oxazole rings is 1. The predicted molar refractivity (Wildman–Crippen MR) is 86.6 cm³/mol. The van der Waals surface area contributed by atoms with Crippen molar-refractivity contribution >= 4 is 5.91 Å². The zero-order valence-electron chi connectivity index (χ0n) is 14.0. The SMILES string of the molecule is Cc1nc(CN2C[C@H](NC(=O)C3CCCC3)[C@@H](C3CC3)C2)co1. The molecule has 3 aliphatic rings. The van der Waals surface area contributed by atoms with Crippen molar-refractivity contribution in [3.8, 4) is 0 Å². The Balaban J connectivity index is 1.38. The molecule has 1 aromatic heterocycles. The molecular weight excluding hydrogens is 290 g/mol. The molecule has 1 saturated heterocycles. The molecule has 0 bridgehead atoms. The van der Waals surface area contributed by atoms with Crippen molar-refractivity contribution in [1.82, 2.24) is 15.2 Å². The Kier molecular flexibility index (Phi) is 4.14. The molecule has 0 radical (unpaired) electrons. The van der Waals surface area contributed by atoms with E-state index in [4.69, 9.17) is 4.42 Å². The van der Waals surface area contributed by atoms with E-state index in [-0.39, 0.29) is 5.92 Å².